The Bertz CT molecular complexity index is 388. The highest BCUT2D eigenvalue weighted by Gasteiger charge is 2.20. The maximum absolute atomic E-state index is 3.48. The molecule has 2 rings (SSSR count). The van der Waals surface area contributed by atoms with Gasteiger partial charge in [-0.3, -0.25) is 4.90 Å². The second-order valence-electron chi connectivity index (χ2n) is 5.97. The Morgan fingerprint density at radius 3 is 2.74 bits per heavy atom. The molecule has 0 spiro atoms. The molecule has 1 aliphatic heterocycles. The molecule has 1 atom stereocenters. The van der Waals surface area contributed by atoms with Gasteiger partial charge in [0.1, 0.15) is 0 Å². The number of piperazine rings is 1. The van der Waals surface area contributed by atoms with Crippen LogP contribution in [-0.2, 0) is 13.1 Å². The zero-order chi connectivity index (χ0) is 13.8. The molecule has 108 valence electrons. The van der Waals surface area contributed by atoms with Gasteiger partial charge < -0.3 is 10.2 Å². The number of thiophene rings is 1. The molecular formula is C15H27N3S. The molecule has 0 bridgehead atoms. The zero-order valence-corrected chi connectivity index (χ0v) is 13.5. The van der Waals surface area contributed by atoms with Gasteiger partial charge in [-0.05, 0) is 26.1 Å². The molecule has 0 saturated carbocycles. The van der Waals surface area contributed by atoms with Crippen molar-refractivity contribution in [1.82, 2.24) is 15.1 Å². The molecule has 2 heterocycles. The van der Waals surface area contributed by atoms with Crippen molar-refractivity contribution in [3.8, 4) is 0 Å². The molecule has 1 saturated heterocycles. The minimum atomic E-state index is 0.559. The van der Waals surface area contributed by atoms with E-state index in [1.165, 1.54) is 29.4 Å². The van der Waals surface area contributed by atoms with Crippen molar-refractivity contribution in [2.24, 2.45) is 0 Å². The highest BCUT2D eigenvalue weighted by molar-refractivity contribution is 7.11. The van der Waals surface area contributed by atoms with E-state index in [4.69, 9.17) is 0 Å². The largest absolute Gasteiger partial charge is 0.310 e. The first-order chi connectivity index (χ1) is 9.04. The van der Waals surface area contributed by atoms with Crippen LogP contribution in [0.2, 0.25) is 0 Å². The summed E-state index contributed by atoms with van der Waals surface area (Å²) in [5.74, 6) is 0. The Morgan fingerprint density at radius 2 is 2.05 bits per heavy atom. The predicted octanol–water partition coefficient (Wildman–Crippen LogP) is 2.38. The number of likely N-dealkylation sites (N-methyl/N-ethyl adjacent to an activating group) is 1. The van der Waals surface area contributed by atoms with Gasteiger partial charge in [-0.15, -0.1) is 11.3 Å². The normalized spacial score (nSPS) is 22.3. The van der Waals surface area contributed by atoms with E-state index in [0.29, 0.717) is 12.1 Å². The second-order valence-corrected chi connectivity index (χ2v) is 7.22. The average molecular weight is 281 g/mol. The molecule has 19 heavy (non-hydrogen) atoms. The Balaban J connectivity index is 1.83. The number of nitrogens with one attached hydrogen (secondary N) is 1. The lowest BCUT2D eigenvalue weighted by Gasteiger charge is -2.37. The molecule has 1 fully saturated rings. The minimum absolute atomic E-state index is 0.559. The summed E-state index contributed by atoms with van der Waals surface area (Å²) in [7, 11) is 2.23. The van der Waals surface area contributed by atoms with Crippen LogP contribution in [-0.4, -0.2) is 48.6 Å². The summed E-state index contributed by atoms with van der Waals surface area (Å²) in [4.78, 5) is 7.97. The molecule has 3 nitrogen and oxygen atoms in total. The zero-order valence-electron chi connectivity index (χ0n) is 12.6. The molecule has 0 amide bonds. The van der Waals surface area contributed by atoms with Crippen LogP contribution in [0.3, 0.4) is 0 Å². The molecule has 1 aliphatic rings. The van der Waals surface area contributed by atoms with Gasteiger partial charge in [0, 0.05) is 54.6 Å². The number of hydrogen-bond donors (Lipinski definition) is 1. The fourth-order valence-corrected chi connectivity index (χ4v) is 3.41. The first-order valence-corrected chi connectivity index (χ1v) is 8.10. The predicted molar refractivity (Wildman–Crippen MR) is 83.7 cm³/mol. The Morgan fingerprint density at radius 1 is 1.32 bits per heavy atom. The van der Waals surface area contributed by atoms with Gasteiger partial charge in [0.25, 0.3) is 0 Å². The van der Waals surface area contributed by atoms with Crippen LogP contribution in [0.5, 0.6) is 0 Å². The van der Waals surface area contributed by atoms with Crippen LogP contribution in [0.1, 0.15) is 30.5 Å². The van der Waals surface area contributed by atoms with E-state index in [0.717, 1.165) is 13.1 Å². The molecule has 0 aromatic carbocycles. The van der Waals surface area contributed by atoms with Crippen LogP contribution < -0.4 is 5.32 Å². The van der Waals surface area contributed by atoms with Gasteiger partial charge in [0.15, 0.2) is 0 Å². The fourth-order valence-electron chi connectivity index (χ4n) is 2.39. The molecule has 4 heteroatoms. The van der Waals surface area contributed by atoms with Crippen LogP contribution in [0.4, 0.5) is 0 Å². The van der Waals surface area contributed by atoms with E-state index in [9.17, 15) is 0 Å². The van der Waals surface area contributed by atoms with Crippen molar-refractivity contribution >= 4 is 11.3 Å². The maximum Gasteiger partial charge on any atom is 0.0329 e. The number of nitrogens with zero attached hydrogens (tertiary/aromatic N) is 2. The van der Waals surface area contributed by atoms with Gasteiger partial charge in [0.2, 0.25) is 0 Å². The summed E-state index contributed by atoms with van der Waals surface area (Å²) in [5, 5.41) is 3.48. The maximum atomic E-state index is 3.48. The Hall–Kier alpha value is -0.420. The summed E-state index contributed by atoms with van der Waals surface area (Å²) in [6.45, 7) is 12.4. The molecule has 0 radical (unpaired) electrons. The number of rotatable bonds is 5. The van der Waals surface area contributed by atoms with Gasteiger partial charge in [-0.1, -0.05) is 13.8 Å². The monoisotopic (exact) mass is 281 g/mol. The van der Waals surface area contributed by atoms with E-state index < -0.39 is 0 Å². The minimum Gasteiger partial charge on any atom is -0.310 e. The third-order valence-electron chi connectivity index (χ3n) is 3.83. The van der Waals surface area contributed by atoms with E-state index in [1.807, 2.05) is 11.3 Å². The van der Waals surface area contributed by atoms with E-state index in [-0.39, 0.29) is 0 Å². The first-order valence-electron chi connectivity index (χ1n) is 7.28. The van der Waals surface area contributed by atoms with Crippen LogP contribution in [0.15, 0.2) is 12.1 Å². The highest BCUT2D eigenvalue weighted by atomic mass is 32.1. The Kier molecular flexibility index (Phi) is 5.39. The molecule has 1 aromatic rings. The summed E-state index contributed by atoms with van der Waals surface area (Å²) < 4.78 is 0. The third kappa shape index (κ3) is 4.56. The van der Waals surface area contributed by atoms with Gasteiger partial charge in [-0.2, -0.15) is 0 Å². The summed E-state index contributed by atoms with van der Waals surface area (Å²) in [5.41, 5.74) is 0. The quantitative estimate of drug-likeness (QED) is 0.894. The first kappa shape index (κ1) is 15.0. The molecule has 1 aromatic heterocycles. The van der Waals surface area contributed by atoms with E-state index >= 15 is 0 Å². The van der Waals surface area contributed by atoms with Gasteiger partial charge in [-0.25, -0.2) is 0 Å². The summed E-state index contributed by atoms with van der Waals surface area (Å²) in [6.07, 6.45) is 0. The van der Waals surface area contributed by atoms with Gasteiger partial charge in [0.05, 0.1) is 0 Å². The lowest BCUT2D eigenvalue weighted by atomic mass is 10.2. The van der Waals surface area contributed by atoms with Crippen LogP contribution in [0.25, 0.3) is 0 Å². The summed E-state index contributed by atoms with van der Waals surface area (Å²) in [6, 6.07) is 5.81. The van der Waals surface area contributed by atoms with Crippen molar-refractivity contribution in [1.29, 1.82) is 0 Å². The standard InChI is InChI=1S/C15H27N3S/c1-12(2)16-9-14-5-6-15(19-14)11-18-8-7-17(4)13(3)10-18/h5-6,12-13,16H,7-11H2,1-4H3. The highest BCUT2D eigenvalue weighted by Crippen LogP contribution is 2.20. The molecule has 1 N–H and O–H groups in total. The van der Waals surface area contributed by atoms with Crippen molar-refractivity contribution in [3.05, 3.63) is 21.9 Å². The lowest BCUT2D eigenvalue weighted by Crippen LogP contribution is -2.49. The van der Waals surface area contributed by atoms with Crippen molar-refractivity contribution < 1.29 is 0 Å². The average Bonchev–Trinajstić information content (AvgIpc) is 2.79. The fraction of sp³-hybridized carbons (Fsp3) is 0.733. The SMILES string of the molecule is CC(C)NCc1ccc(CN2CCN(C)C(C)C2)s1. The van der Waals surface area contributed by atoms with Crippen molar-refractivity contribution in [2.75, 3.05) is 26.7 Å². The molecule has 0 aliphatic carbocycles. The van der Waals surface area contributed by atoms with Crippen LogP contribution in [0, 0.1) is 0 Å². The topological polar surface area (TPSA) is 18.5 Å². The third-order valence-corrected chi connectivity index (χ3v) is 4.90. The van der Waals surface area contributed by atoms with E-state index in [2.05, 4.69) is 55.1 Å². The van der Waals surface area contributed by atoms with Gasteiger partial charge >= 0.3 is 0 Å². The number of hydrogen-bond acceptors (Lipinski definition) is 4. The summed E-state index contributed by atoms with van der Waals surface area (Å²) >= 11 is 1.95. The molecule has 1 unspecified atom stereocenters. The van der Waals surface area contributed by atoms with Crippen molar-refractivity contribution in [2.45, 2.75) is 45.9 Å². The molecular weight excluding hydrogens is 254 g/mol. The van der Waals surface area contributed by atoms with Crippen molar-refractivity contribution in [3.63, 3.8) is 0 Å². The second kappa shape index (κ2) is 6.84. The van der Waals surface area contributed by atoms with E-state index in [1.54, 1.807) is 0 Å². The van der Waals surface area contributed by atoms with Crippen LogP contribution >= 0.6 is 11.3 Å². The lowest BCUT2D eigenvalue weighted by molar-refractivity contribution is 0.101. The smallest absolute Gasteiger partial charge is 0.0329 e. The Labute approximate surface area is 121 Å².